The van der Waals surface area contributed by atoms with E-state index < -0.39 is 5.97 Å². The molecular formula is C24H14Cl2N4O3. The van der Waals surface area contributed by atoms with E-state index >= 15 is 0 Å². The molecule has 0 fully saturated rings. The number of benzene rings is 2. The van der Waals surface area contributed by atoms with Crippen LogP contribution in [0.1, 0.15) is 26.4 Å². The SMILES string of the molecule is O=C(O)c1ccc(-c2cc(C(=O)c3c(Cl)cccc3Cl)n3cc(-c4ncn[nH]4)ccc23)cc1. The summed E-state index contributed by atoms with van der Waals surface area (Å²) in [5.41, 5.74) is 3.71. The van der Waals surface area contributed by atoms with Gasteiger partial charge in [-0.25, -0.2) is 9.78 Å². The van der Waals surface area contributed by atoms with E-state index in [0.717, 1.165) is 22.2 Å². The number of carboxylic acids is 1. The fraction of sp³-hybridized carbons (Fsp3) is 0. The second kappa shape index (κ2) is 8.20. The lowest BCUT2D eigenvalue weighted by atomic mass is 10.0. The second-order valence-electron chi connectivity index (χ2n) is 7.26. The van der Waals surface area contributed by atoms with Gasteiger partial charge in [0.15, 0.2) is 5.82 Å². The first-order valence-corrected chi connectivity index (χ1v) is 10.5. The van der Waals surface area contributed by atoms with Crippen LogP contribution in [0.2, 0.25) is 10.0 Å². The number of rotatable bonds is 5. The first-order valence-electron chi connectivity index (χ1n) is 9.77. The Hall–Kier alpha value is -3.94. The van der Waals surface area contributed by atoms with E-state index in [2.05, 4.69) is 15.2 Å². The first kappa shape index (κ1) is 20.9. The van der Waals surface area contributed by atoms with Crippen molar-refractivity contribution < 1.29 is 14.7 Å². The van der Waals surface area contributed by atoms with Crippen LogP contribution in [-0.2, 0) is 0 Å². The Morgan fingerprint density at radius 2 is 1.64 bits per heavy atom. The Morgan fingerprint density at radius 3 is 2.27 bits per heavy atom. The fourth-order valence-corrected chi connectivity index (χ4v) is 4.29. The minimum Gasteiger partial charge on any atom is -0.478 e. The number of hydrogen-bond donors (Lipinski definition) is 2. The largest absolute Gasteiger partial charge is 0.478 e. The first-order chi connectivity index (χ1) is 15.9. The van der Waals surface area contributed by atoms with Crippen LogP contribution in [0.3, 0.4) is 0 Å². The van der Waals surface area contributed by atoms with Crippen LogP contribution in [-0.4, -0.2) is 36.4 Å². The van der Waals surface area contributed by atoms with E-state index in [-0.39, 0.29) is 27.0 Å². The normalized spacial score (nSPS) is 11.1. The Kier molecular flexibility index (Phi) is 5.20. The fourth-order valence-electron chi connectivity index (χ4n) is 3.73. The summed E-state index contributed by atoms with van der Waals surface area (Å²) in [5.74, 6) is -0.805. The van der Waals surface area contributed by atoms with E-state index in [4.69, 9.17) is 23.2 Å². The number of halogens is 2. The number of aromatic carboxylic acids is 1. The molecule has 2 aromatic carbocycles. The molecule has 7 nitrogen and oxygen atoms in total. The molecule has 0 atom stereocenters. The van der Waals surface area contributed by atoms with Crippen molar-refractivity contribution >= 4 is 40.5 Å². The van der Waals surface area contributed by atoms with Gasteiger partial charge in [-0.3, -0.25) is 9.89 Å². The summed E-state index contributed by atoms with van der Waals surface area (Å²) >= 11 is 12.6. The molecule has 0 radical (unpaired) electrons. The van der Waals surface area contributed by atoms with Crippen molar-refractivity contribution in [2.45, 2.75) is 0 Å². The highest BCUT2D eigenvalue weighted by molar-refractivity contribution is 6.41. The third-order valence-corrected chi connectivity index (χ3v) is 5.95. The van der Waals surface area contributed by atoms with Gasteiger partial charge in [-0.1, -0.05) is 41.4 Å². The summed E-state index contributed by atoms with van der Waals surface area (Å²) in [6.45, 7) is 0. The molecule has 33 heavy (non-hydrogen) atoms. The zero-order valence-corrected chi connectivity index (χ0v) is 18.3. The van der Waals surface area contributed by atoms with Gasteiger partial charge in [0.25, 0.3) is 0 Å². The lowest BCUT2D eigenvalue weighted by Crippen LogP contribution is -2.07. The topological polar surface area (TPSA) is 100 Å². The van der Waals surface area contributed by atoms with Crippen molar-refractivity contribution in [3.8, 4) is 22.5 Å². The van der Waals surface area contributed by atoms with Gasteiger partial charge in [0.05, 0.1) is 32.4 Å². The molecule has 0 unspecified atom stereocenters. The van der Waals surface area contributed by atoms with E-state index in [0.29, 0.717) is 11.5 Å². The maximum atomic E-state index is 13.6. The molecular weight excluding hydrogens is 463 g/mol. The number of fused-ring (bicyclic) bond motifs is 1. The molecule has 0 amide bonds. The standard InChI is InChI=1S/C24H14Cl2N4O3/c25-17-2-1-3-18(26)21(17)22(31)20-10-16(13-4-6-14(7-5-13)24(32)33)19-9-8-15(11-30(19)20)23-27-12-28-29-23/h1-12H,(H,32,33)(H,27,28,29). The lowest BCUT2D eigenvalue weighted by molar-refractivity contribution is 0.0696. The van der Waals surface area contributed by atoms with Gasteiger partial charge in [0.1, 0.15) is 6.33 Å². The highest BCUT2D eigenvalue weighted by atomic mass is 35.5. The Bertz CT molecular complexity index is 1500. The van der Waals surface area contributed by atoms with Crippen molar-refractivity contribution in [3.05, 3.63) is 100 Å². The van der Waals surface area contributed by atoms with Crippen LogP contribution >= 0.6 is 23.2 Å². The quantitative estimate of drug-likeness (QED) is 0.320. The molecule has 0 aliphatic rings. The zero-order valence-electron chi connectivity index (χ0n) is 16.8. The van der Waals surface area contributed by atoms with Crippen LogP contribution in [0.4, 0.5) is 0 Å². The van der Waals surface area contributed by atoms with Crippen LogP contribution in [0.5, 0.6) is 0 Å². The number of nitrogens with one attached hydrogen (secondary N) is 1. The van der Waals surface area contributed by atoms with Gasteiger partial charge in [-0.05, 0) is 48.0 Å². The number of ketones is 1. The summed E-state index contributed by atoms with van der Waals surface area (Å²) in [5, 5.41) is 16.4. The smallest absolute Gasteiger partial charge is 0.335 e. The zero-order chi connectivity index (χ0) is 23.1. The molecule has 0 aliphatic heterocycles. The number of pyridine rings is 1. The molecule has 0 spiro atoms. The van der Waals surface area contributed by atoms with Gasteiger partial charge in [0.2, 0.25) is 5.78 Å². The average Bonchev–Trinajstić information content (AvgIpc) is 3.47. The maximum absolute atomic E-state index is 13.6. The van der Waals surface area contributed by atoms with E-state index in [9.17, 15) is 14.7 Å². The van der Waals surface area contributed by atoms with Crippen LogP contribution in [0.25, 0.3) is 28.0 Å². The molecule has 3 aromatic heterocycles. The summed E-state index contributed by atoms with van der Waals surface area (Å²) in [6, 6.07) is 16.8. The monoisotopic (exact) mass is 476 g/mol. The molecule has 0 bridgehead atoms. The third-order valence-electron chi connectivity index (χ3n) is 5.32. The molecule has 5 rings (SSSR count). The number of hydrogen-bond acceptors (Lipinski definition) is 4. The summed E-state index contributed by atoms with van der Waals surface area (Å²) in [7, 11) is 0. The van der Waals surface area contributed by atoms with E-state index in [1.165, 1.54) is 18.5 Å². The molecule has 2 N–H and O–H groups in total. The second-order valence-corrected chi connectivity index (χ2v) is 8.07. The summed E-state index contributed by atoms with van der Waals surface area (Å²) in [4.78, 5) is 29.0. The molecule has 162 valence electrons. The molecule has 9 heteroatoms. The van der Waals surface area contributed by atoms with Crippen molar-refractivity contribution in [2.24, 2.45) is 0 Å². The Labute approximate surface area is 197 Å². The number of nitrogens with zero attached hydrogens (tertiary/aromatic N) is 3. The number of aromatic amines is 1. The number of carboxylic acid groups (broad SMARTS) is 1. The van der Waals surface area contributed by atoms with Gasteiger partial charge >= 0.3 is 5.97 Å². The molecule has 3 heterocycles. The van der Waals surface area contributed by atoms with Crippen molar-refractivity contribution in [1.82, 2.24) is 19.6 Å². The minimum absolute atomic E-state index is 0.175. The third kappa shape index (κ3) is 3.67. The molecule has 0 saturated heterocycles. The van der Waals surface area contributed by atoms with Crippen molar-refractivity contribution in [1.29, 1.82) is 0 Å². The predicted molar refractivity (Wildman–Crippen MR) is 125 cm³/mol. The number of carbonyl (C=O) groups is 2. The highest BCUT2D eigenvalue weighted by Gasteiger charge is 2.22. The number of carbonyl (C=O) groups excluding carboxylic acids is 1. The van der Waals surface area contributed by atoms with Gasteiger partial charge in [-0.2, -0.15) is 5.10 Å². The van der Waals surface area contributed by atoms with Crippen molar-refractivity contribution in [2.75, 3.05) is 0 Å². The molecule has 0 saturated carbocycles. The van der Waals surface area contributed by atoms with Gasteiger partial charge in [-0.15, -0.1) is 0 Å². The maximum Gasteiger partial charge on any atom is 0.335 e. The summed E-state index contributed by atoms with van der Waals surface area (Å²) in [6.07, 6.45) is 3.18. The minimum atomic E-state index is -1.01. The lowest BCUT2D eigenvalue weighted by Gasteiger charge is -2.08. The predicted octanol–water partition coefficient (Wildman–Crippen LogP) is 5.63. The Morgan fingerprint density at radius 1 is 0.939 bits per heavy atom. The summed E-state index contributed by atoms with van der Waals surface area (Å²) < 4.78 is 1.75. The average molecular weight is 477 g/mol. The van der Waals surface area contributed by atoms with Crippen molar-refractivity contribution in [3.63, 3.8) is 0 Å². The number of aromatic nitrogens is 4. The van der Waals surface area contributed by atoms with Gasteiger partial charge in [0, 0.05) is 17.3 Å². The van der Waals surface area contributed by atoms with Crippen LogP contribution in [0.15, 0.2) is 73.2 Å². The van der Waals surface area contributed by atoms with Crippen LogP contribution in [0, 0.1) is 0 Å². The van der Waals surface area contributed by atoms with Crippen LogP contribution < -0.4 is 0 Å². The highest BCUT2D eigenvalue weighted by Crippen LogP contribution is 2.33. The Balaban J connectivity index is 1.74. The number of H-pyrrole nitrogens is 1. The molecule has 5 aromatic rings. The van der Waals surface area contributed by atoms with Gasteiger partial charge < -0.3 is 9.51 Å². The van der Waals surface area contributed by atoms with E-state index in [1.807, 2.05) is 12.1 Å². The molecule has 0 aliphatic carbocycles. The van der Waals surface area contributed by atoms with E-state index in [1.54, 1.807) is 47.0 Å².